The zero-order chi connectivity index (χ0) is 27.7. The summed E-state index contributed by atoms with van der Waals surface area (Å²) in [6, 6.07) is 28.0. The van der Waals surface area contributed by atoms with Crippen LogP contribution < -0.4 is 10.5 Å². The zero-order valence-electron chi connectivity index (χ0n) is 21.7. The molecule has 3 N–H and O–H groups in total. The maximum absolute atomic E-state index is 11.0. The largest absolute Gasteiger partial charge is 0.497 e. The second-order valence-electron chi connectivity index (χ2n) is 9.61. The van der Waals surface area contributed by atoms with Gasteiger partial charge < -0.3 is 25.1 Å². The molecule has 9 nitrogen and oxygen atoms in total. The van der Waals surface area contributed by atoms with Crippen LogP contribution >= 0.6 is 11.6 Å². The first kappa shape index (κ1) is 26.2. The lowest BCUT2D eigenvalue weighted by Crippen LogP contribution is -2.35. The fourth-order valence-corrected chi connectivity index (χ4v) is 5.49. The minimum absolute atomic E-state index is 0.00545. The average Bonchev–Trinajstić information content (AvgIpc) is 3.57. The second-order valence-corrected chi connectivity index (χ2v) is 9.94. The molecule has 3 heterocycles. The zero-order valence-corrected chi connectivity index (χ0v) is 22.5. The van der Waals surface area contributed by atoms with Crippen LogP contribution in [0.3, 0.4) is 0 Å². The molecule has 0 aliphatic carbocycles. The Bertz CT molecular complexity index is 1560. The predicted octanol–water partition coefficient (Wildman–Crippen LogP) is 4.73. The van der Waals surface area contributed by atoms with Gasteiger partial charge in [-0.3, -0.25) is 4.57 Å². The molecule has 2 aromatic heterocycles. The van der Waals surface area contributed by atoms with Gasteiger partial charge in [0, 0.05) is 6.42 Å². The van der Waals surface area contributed by atoms with E-state index in [-0.39, 0.29) is 17.7 Å². The number of nitrogen functional groups attached to an aromatic ring is 1. The molecule has 1 fully saturated rings. The Balaban J connectivity index is 1.35. The van der Waals surface area contributed by atoms with E-state index in [4.69, 9.17) is 31.5 Å². The maximum Gasteiger partial charge on any atom is 0.226 e. The molecule has 40 heavy (non-hydrogen) atoms. The number of rotatable bonds is 8. The summed E-state index contributed by atoms with van der Waals surface area (Å²) in [5.74, 6) is 0.914. The number of hydrogen-bond acceptors (Lipinski definition) is 8. The van der Waals surface area contributed by atoms with Gasteiger partial charge in [-0.25, -0.2) is 4.98 Å². The Morgan fingerprint density at radius 1 is 0.975 bits per heavy atom. The number of nitrogens with two attached hydrogens (primary N) is 1. The summed E-state index contributed by atoms with van der Waals surface area (Å²) in [7, 11) is 1.64. The van der Waals surface area contributed by atoms with E-state index < -0.39 is 24.0 Å². The number of methoxy groups -OCH3 is 1. The fraction of sp³-hybridized carbons (Fsp3) is 0.233. The molecule has 0 unspecified atom stereocenters. The SMILES string of the molecule is COc1ccc(C(OC[C@@H]2C[C@@H](O)[C@H](n3cnc4c(N)nc(Cl)nc43)O2)(c2ccccc2)c2ccccc2)cc1. The van der Waals surface area contributed by atoms with E-state index in [0.29, 0.717) is 17.6 Å². The highest BCUT2D eigenvalue weighted by Crippen LogP contribution is 2.42. The lowest BCUT2D eigenvalue weighted by Gasteiger charge is -2.36. The molecule has 5 aromatic rings. The van der Waals surface area contributed by atoms with E-state index in [9.17, 15) is 5.11 Å². The highest BCUT2D eigenvalue weighted by molar-refractivity contribution is 6.28. The van der Waals surface area contributed by atoms with Crippen molar-refractivity contribution in [2.24, 2.45) is 0 Å². The quantitative estimate of drug-likeness (QED) is 0.208. The van der Waals surface area contributed by atoms with Crippen molar-refractivity contribution in [3.8, 4) is 5.75 Å². The maximum atomic E-state index is 11.0. The molecule has 1 saturated heterocycles. The Morgan fingerprint density at radius 2 is 1.60 bits per heavy atom. The van der Waals surface area contributed by atoms with Gasteiger partial charge in [-0.2, -0.15) is 9.97 Å². The number of benzene rings is 3. The third-order valence-corrected chi connectivity index (χ3v) is 7.37. The summed E-state index contributed by atoms with van der Waals surface area (Å²) in [4.78, 5) is 12.5. The Morgan fingerprint density at radius 3 is 2.23 bits per heavy atom. The molecule has 10 heteroatoms. The summed E-state index contributed by atoms with van der Waals surface area (Å²) >= 11 is 6.04. The van der Waals surface area contributed by atoms with Crippen LogP contribution in [0, 0.1) is 0 Å². The van der Waals surface area contributed by atoms with E-state index in [1.165, 1.54) is 6.33 Å². The molecule has 1 aliphatic heterocycles. The van der Waals surface area contributed by atoms with Crippen molar-refractivity contribution in [1.82, 2.24) is 19.5 Å². The number of anilines is 1. The van der Waals surface area contributed by atoms with Crippen molar-refractivity contribution in [1.29, 1.82) is 0 Å². The fourth-order valence-electron chi connectivity index (χ4n) is 5.32. The van der Waals surface area contributed by atoms with Crippen molar-refractivity contribution in [2.75, 3.05) is 19.5 Å². The first-order chi connectivity index (χ1) is 19.5. The van der Waals surface area contributed by atoms with Crippen LogP contribution in [-0.4, -0.2) is 50.6 Å². The smallest absolute Gasteiger partial charge is 0.226 e. The minimum atomic E-state index is -0.946. The molecular formula is C30H28ClN5O4. The minimum Gasteiger partial charge on any atom is -0.497 e. The van der Waals surface area contributed by atoms with Crippen molar-refractivity contribution < 1.29 is 19.3 Å². The van der Waals surface area contributed by atoms with Gasteiger partial charge in [0.1, 0.15) is 23.0 Å². The van der Waals surface area contributed by atoms with E-state index in [1.807, 2.05) is 60.7 Å². The summed E-state index contributed by atoms with van der Waals surface area (Å²) < 4.78 is 20.3. The van der Waals surface area contributed by atoms with E-state index in [1.54, 1.807) is 11.7 Å². The standard InChI is InChI=1S/C30H28ClN5O4/c1-38-22-14-12-21(13-15-22)30(19-8-4-2-5-9-19,20-10-6-3-7-11-20)39-17-23-16-24(37)28(40-23)36-18-33-25-26(32)34-29(31)35-27(25)36/h2-15,18,23-24,28,37H,16-17H2,1H3,(H2,32,34,35)/t23-,24+,28+/m0/s1. The number of aromatic nitrogens is 4. The summed E-state index contributed by atoms with van der Waals surface area (Å²) in [6.45, 7) is 0.202. The second kappa shape index (κ2) is 10.9. The van der Waals surface area contributed by atoms with Crippen molar-refractivity contribution in [3.05, 3.63) is 113 Å². The van der Waals surface area contributed by atoms with Crippen LogP contribution in [0.4, 0.5) is 5.82 Å². The van der Waals surface area contributed by atoms with Gasteiger partial charge in [-0.05, 0) is 40.4 Å². The van der Waals surface area contributed by atoms with Gasteiger partial charge >= 0.3 is 0 Å². The first-order valence-electron chi connectivity index (χ1n) is 12.9. The van der Waals surface area contributed by atoms with Crippen LogP contribution in [0.1, 0.15) is 29.3 Å². The monoisotopic (exact) mass is 557 g/mol. The molecule has 0 spiro atoms. The number of aliphatic hydroxyl groups excluding tert-OH is 1. The van der Waals surface area contributed by atoms with E-state index in [0.717, 1.165) is 22.4 Å². The van der Waals surface area contributed by atoms with Gasteiger partial charge in [0.25, 0.3) is 0 Å². The Labute approximate surface area is 236 Å². The van der Waals surface area contributed by atoms with Crippen molar-refractivity contribution in [3.63, 3.8) is 0 Å². The molecule has 6 rings (SSSR count). The third kappa shape index (κ3) is 4.67. The normalized spacial score (nSPS) is 19.2. The van der Waals surface area contributed by atoms with Crippen LogP contribution in [0.15, 0.2) is 91.3 Å². The van der Waals surface area contributed by atoms with Crippen molar-refractivity contribution in [2.45, 2.75) is 30.5 Å². The lowest BCUT2D eigenvalue weighted by atomic mass is 9.80. The molecule has 3 aromatic carbocycles. The molecule has 1 aliphatic rings. The van der Waals surface area contributed by atoms with Crippen LogP contribution in [0.2, 0.25) is 5.28 Å². The van der Waals surface area contributed by atoms with E-state index in [2.05, 4.69) is 39.2 Å². The topological polar surface area (TPSA) is 118 Å². The van der Waals surface area contributed by atoms with Crippen LogP contribution in [0.25, 0.3) is 11.2 Å². The number of hydrogen-bond donors (Lipinski definition) is 2. The van der Waals surface area contributed by atoms with Crippen LogP contribution in [0.5, 0.6) is 5.75 Å². The molecule has 0 saturated carbocycles. The predicted molar refractivity (Wildman–Crippen MR) is 151 cm³/mol. The number of fused-ring (bicyclic) bond motifs is 1. The summed E-state index contributed by atoms with van der Waals surface area (Å²) in [5.41, 5.74) is 8.67. The molecule has 0 bridgehead atoms. The molecule has 0 radical (unpaired) electrons. The highest BCUT2D eigenvalue weighted by atomic mass is 35.5. The van der Waals surface area contributed by atoms with Gasteiger partial charge in [0.05, 0.1) is 26.1 Å². The number of imidazole rings is 1. The molecule has 204 valence electrons. The van der Waals surface area contributed by atoms with Gasteiger partial charge in [-0.1, -0.05) is 72.8 Å². The Hall–Kier alpha value is -4.02. The van der Waals surface area contributed by atoms with E-state index >= 15 is 0 Å². The molecule has 0 amide bonds. The van der Waals surface area contributed by atoms with Gasteiger partial charge in [0.2, 0.25) is 5.28 Å². The Kier molecular flexibility index (Phi) is 7.12. The number of ether oxygens (including phenoxy) is 3. The lowest BCUT2D eigenvalue weighted by molar-refractivity contribution is -0.0851. The molecular weight excluding hydrogens is 530 g/mol. The third-order valence-electron chi connectivity index (χ3n) is 7.20. The number of halogens is 1. The van der Waals surface area contributed by atoms with Gasteiger partial charge in [-0.15, -0.1) is 0 Å². The average molecular weight is 558 g/mol. The summed E-state index contributed by atoms with van der Waals surface area (Å²) in [6.07, 6.45) is -0.116. The molecule has 3 atom stereocenters. The number of aliphatic hydroxyl groups is 1. The summed E-state index contributed by atoms with van der Waals surface area (Å²) in [5, 5.41) is 11.0. The highest BCUT2D eigenvalue weighted by Gasteiger charge is 2.42. The first-order valence-corrected chi connectivity index (χ1v) is 13.3. The van der Waals surface area contributed by atoms with Crippen LogP contribution in [-0.2, 0) is 15.1 Å². The van der Waals surface area contributed by atoms with Gasteiger partial charge in [0.15, 0.2) is 17.7 Å². The number of nitrogens with zero attached hydrogens (tertiary/aromatic N) is 4. The van der Waals surface area contributed by atoms with Crippen molar-refractivity contribution >= 4 is 28.6 Å².